The molecule has 1 rings (SSSR count). The Kier molecular flexibility index (Phi) is 7.34. The van der Waals surface area contributed by atoms with Crippen LogP contribution in [-0.4, -0.2) is 62.4 Å². The molecule has 0 saturated carbocycles. The Morgan fingerprint density at radius 1 is 1.47 bits per heavy atom. The number of esters is 1. The second kappa shape index (κ2) is 8.51. The van der Waals surface area contributed by atoms with Crippen molar-refractivity contribution in [3.63, 3.8) is 0 Å². The molecule has 19 heavy (non-hydrogen) atoms. The molecule has 5 heteroatoms. The van der Waals surface area contributed by atoms with Crippen LogP contribution in [-0.2, 0) is 14.3 Å². The molecule has 1 saturated heterocycles. The summed E-state index contributed by atoms with van der Waals surface area (Å²) in [5.41, 5.74) is 0. The first kappa shape index (κ1) is 16.4. The van der Waals surface area contributed by atoms with Gasteiger partial charge in [-0.3, -0.25) is 4.79 Å². The number of rotatable bonds is 8. The second-order valence-corrected chi connectivity index (χ2v) is 5.36. The van der Waals surface area contributed by atoms with Crippen LogP contribution in [0.2, 0.25) is 0 Å². The van der Waals surface area contributed by atoms with Gasteiger partial charge < -0.3 is 19.7 Å². The number of ether oxygens (including phenoxy) is 2. The Morgan fingerprint density at radius 3 is 2.74 bits per heavy atom. The van der Waals surface area contributed by atoms with E-state index in [1.807, 2.05) is 20.8 Å². The van der Waals surface area contributed by atoms with Gasteiger partial charge >= 0.3 is 5.97 Å². The first-order chi connectivity index (χ1) is 9.06. The highest BCUT2D eigenvalue weighted by Crippen LogP contribution is 2.12. The third-order valence-electron chi connectivity index (χ3n) is 3.40. The Morgan fingerprint density at radius 2 is 2.21 bits per heavy atom. The van der Waals surface area contributed by atoms with Gasteiger partial charge in [0.2, 0.25) is 0 Å². The molecule has 1 aliphatic heterocycles. The number of likely N-dealkylation sites (tertiary alicyclic amines) is 1. The molecule has 0 aromatic heterocycles. The summed E-state index contributed by atoms with van der Waals surface area (Å²) in [5.74, 6) is -0.140. The van der Waals surface area contributed by atoms with Gasteiger partial charge in [0.1, 0.15) is 6.04 Å². The van der Waals surface area contributed by atoms with Gasteiger partial charge in [-0.15, -0.1) is 0 Å². The molecule has 0 aliphatic carbocycles. The Bertz CT molecular complexity index is 271. The lowest BCUT2D eigenvalue weighted by molar-refractivity contribution is -0.146. The van der Waals surface area contributed by atoms with Crippen molar-refractivity contribution in [3.05, 3.63) is 0 Å². The van der Waals surface area contributed by atoms with Crippen LogP contribution in [0.3, 0.4) is 0 Å². The van der Waals surface area contributed by atoms with Crippen LogP contribution < -0.4 is 5.32 Å². The standard InChI is InChI=1S/C14H28N2O3/c1-5-19-14(17)13(15-11(2)3)7-9-16-8-6-12(10-16)18-4/h11-13,15H,5-10H2,1-4H3. The van der Waals surface area contributed by atoms with Crippen molar-refractivity contribution >= 4 is 5.97 Å². The van der Waals surface area contributed by atoms with Gasteiger partial charge in [0.15, 0.2) is 0 Å². The van der Waals surface area contributed by atoms with Gasteiger partial charge in [0, 0.05) is 32.8 Å². The van der Waals surface area contributed by atoms with E-state index >= 15 is 0 Å². The van der Waals surface area contributed by atoms with Crippen molar-refractivity contribution in [2.75, 3.05) is 33.4 Å². The SMILES string of the molecule is CCOC(=O)C(CCN1CCC(OC)C1)NC(C)C. The van der Waals surface area contributed by atoms with Crippen LogP contribution in [0, 0.1) is 0 Å². The highest BCUT2D eigenvalue weighted by Gasteiger charge is 2.25. The fraction of sp³-hybridized carbons (Fsp3) is 0.929. The van der Waals surface area contributed by atoms with Crippen molar-refractivity contribution in [1.29, 1.82) is 0 Å². The van der Waals surface area contributed by atoms with Crippen molar-refractivity contribution in [2.45, 2.75) is 51.8 Å². The molecule has 0 aromatic rings. The normalized spacial score (nSPS) is 21.8. The lowest BCUT2D eigenvalue weighted by Gasteiger charge is -2.22. The van der Waals surface area contributed by atoms with Gasteiger partial charge in [0.25, 0.3) is 0 Å². The molecule has 0 radical (unpaired) electrons. The van der Waals surface area contributed by atoms with Crippen molar-refractivity contribution < 1.29 is 14.3 Å². The monoisotopic (exact) mass is 272 g/mol. The average molecular weight is 272 g/mol. The van der Waals surface area contributed by atoms with E-state index < -0.39 is 0 Å². The largest absolute Gasteiger partial charge is 0.465 e. The van der Waals surface area contributed by atoms with Gasteiger partial charge in [-0.2, -0.15) is 0 Å². The number of carbonyl (C=O) groups is 1. The number of hydrogen-bond acceptors (Lipinski definition) is 5. The van der Waals surface area contributed by atoms with Crippen molar-refractivity contribution in [1.82, 2.24) is 10.2 Å². The number of nitrogens with one attached hydrogen (secondary N) is 1. The Hall–Kier alpha value is -0.650. The van der Waals surface area contributed by atoms with Crippen molar-refractivity contribution in [3.8, 4) is 0 Å². The van der Waals surface area contributed by atoms with Crippen LogP contribution in [0.25, 0.3) is 0 Å². The fourth-order valence-electron chi connectivity index (χ4n) is 2.42. The molecule has 1 N–H and O–H groups in total. The molecule has 112 valence electrons. The lowest BCUT2D eigenvalue weighted by Crippen LogP contribution is -2.44. The first-order valence-corrected chi connectivity index (χ1v) is 7.24. The van der Waals surface area contributed by atoms with Crippen LogP contribution >= 0.6 is 0 Å². The number of methoxy groups -OCH3 is 1. The summed E-state index contributed by atoms with van der Waals surface area (Å²) in [6, 6.07) is 0.0706. The summed E-state index contributed by atoms with van der Waals surface area (Å²) in [7, 11) is 1.76. The smallest absolute Gasteiger partial charge is 0.323 e. The summed E-state index contributed by atoms with van der Waals surface area (Å²) in [6.45, 7) is 9.29. The van der Waals surface area contributed by atoms with E-state index in [0.717, 1.165) is 32.5 Å². The average Bonchev–Trinajstić information content (AvgIpc) is 2.82. The molecule has 0 aromatic carbocycles. The topological polar surface area (TPSA) is 50.8 Å². The minimum absolute atomic E-state index is 0.140. The molecule has 0 amide bonds. The van der Waals surface area contributed by atoms with E-state index in [4.69, 9.17) is 9.47 Å². The summed E-state index contributed by atoms with van der Waals surface area (Å²) < 4.78 is 10.5. The molecule has 1 aliphatic rings. The van der Waals surface area contributed by atoms with E-state index in [0.29, 0.717) is 12.7 Å². The van der Waals surface area contributed by atoms with E-state index in [1.54, 1.807) is 7.11 Å². The number of hydrogen-bond donors (Lipinski definition) is 1. The summed E-state index contributed by atoms with van der Waals surface area (Å²) in [4.78, 5) is 14.2. The first-order valence-electron chi connectivity index (χ1n) is 7.24. The molecule has 5 nitrogen and oxygen atoms in total. The van der Waals surface area contributed by atoms with E-state index in [-0.39, 0.29) is 18.1 Å². The number of carbonyl (C=O) groups excluding carboxylic acids is 1. The zero-order valence-electron chi connectivity index (χ0n) is 12.6. The van der Waals surface area contributed by atoms with Crippen molar-refractivity contribution in [2.24, 2.45) is 0 Å². The molecule has 2 unspecified atom stereocenters. The maximum absolute atomic E-state index is 11.9. The zero-order valence-corrected chi connectivity index (χ0v) is 12.6. The summed E-state index contributed by atoms with van der Waals surface area (Å²) in [6.07, 6.45) is 2.21. The Balaban J connectivity index is 2.37. The Labute approximate surface area is 116 Å². The predicted octanol–water partition coefficient (Wildman–Crippen LogP) is 1.03. The molecule has 1 fully saturated rings. The highest BCUT2D eigenvalue weighted by molar-refractivity contribution is 5.75. The highest BCUT2D eigenvalue weighted by atomic mass is 16.5. The summed E-state index contributed by atoms with van der Waals surface area (Å²) in [5, 5.41) is 3.28. The number of nitrogens with zero attached hydrogens (tertiary/aromatic N) is 1. The van der Waals surface area contributed by atoms with E-state index in [2.05, 4.69) is 10.2 Å². The van der Waals surface area contributed by atoms with Crippen LogP contribution in [0.4, 0.5) is 0 Å². The lowest BCUT2D eigenvalue weighted by atomic mass is 10.1. The second-order valence-electron chi connectivity index (χ2n) is 5.36. The molecule has 0 bridgehead atoms. The minimum atomic E-state index is -0.207. The van der Waals surface area contributed by atoms with Crippen LogP contribution in [0.15, 0.2) is 0 Å². The van der Waals surface area contributed by atoms with Gasteiger partial charge in [-0.05, 0) is 19.8 Å². The summed E-state index contributed by atoms with van der Waals surface area (Å²) >= 11 is 0. The third-order valence-corrected chi connectivity index (χ3v) is 3.40. The maximum atomic E-state index is 11.9. The molecule has 2 atom stereocenters. The maximum Gasteiger partial charge on any atom is 0.323 e. The van der Waals surface area contributed by atoms with Gasteiger partial charge in [-0.1, -0.05) is 13.8 Å². The van der Waals surface area contributed by atoms with Gasteiger partial charge in [-0.25, -0.2) is 0 Å². The van der Waals surface area contributed by atoms with Crippen LogP contribution in [0.5, 0.6) is 0 Å². The quantitative estimate of drug-likeness (QED) is 0.669. The van der Waals surface area contributed by atoms with E-state index in [9.17, 15) is 4.79 Å². The van der Waals surface area contributed by atoms with Gasteiger partial charge in [0.05, 0.1) is 12.7 Å². The molecular formula is C14H28N2O3. The molecule has 1 heterocycles. The third kappa shape index (κ3) is 5.89. The fourth-order valence-corrected chi connectivity index (χ4v) is 2.42. The zero-order chi connectivity index (χ0) is 14.3. The minimum Gasteiger partial charge on any atom is -0.465 e. The van der Waals surface area contributed by atoms with Crippen LogP contribution in [0.1, 0.15) is 33.6 Å². The predicted molar refractivity (Wildman–Crippen MR) is 75.2 cm³/mol. The van der Waals surface area contributed by atoms with E-state index in [1.165, 1.54) is 0 Å². The molecular weight excluding hydrogens is 244 g/mol. The molecule has 0 spiro atoms.